The monoisotopic (exact) mass is 944 g/mol. The summed E-state index contributed by atoms with van der Waals surface area (Å²) >= 11 is 0.828. The summed E-state index contributed by atoms with van der Waals surface area (Å²) in [6.07, 6.45) is -6.03. The molecule has 1 saturated heterocycles. The number of carboxylic acid groups (broad SMARTS) is 1. The summed E-state index contributed by atoms with van der Waals surface area (Å²) in [7, 11) is -17.7. The number of imidazole rings is 1. The zero-order valence-corrected chi connectivity index (χ0v) is 35.8. The quantitative estimate of drug-likeness (QED) is 0.0355. The molecule has 0 bridgehead atoms. The van der Waals surface area contributed by atoms with E-state index in [1.165, 1.54) is 13.0 Å². The number of aliphatic hydroxyl groups excluding tert-OH is 2. The fraction of sp³-hybridized carbons (Fsp3) is 0.600. The summed E-state index contributed by atoms with van der Waals surface area (Å²) in [6.45, 7) is 1.23. The summed E-state index contributed by atoms with van der Waals surface area (Å²) < 4.78 is 60.5. The van der Waals surface area contributed by atoms with E-state index in [9.17, 15) is 72.6 Å². The predicted octanol–water partition coefficient (Wildman–Crippen LogP) is -4.57. The topological polar surface area (TPSA) is 432 Å². The van der Waals surface area contributed by atoms with E-state index in [1.807, 2.05) is 0 Å². The molecule has 31 heteroatoms. The van der Waals surface area contributed by atoms with Crippen molar-refractivity contribution in [1.82, 2.24) is 30.2 Å². The van der Waals surface area contributed by atoms with Crippen molar-refractivity contribution in [2.45, 2.75) is 70.7 Å². The minimum Gasteiger partial charge on any atom is -0.790 e. The Bertz CT molecular complexity index is 2080. The third kappa shape index (κ3) is 16.6. The number of thioether (sulfide) groups is 1. The number of phosphoric acid groups is 3. The van der Waals surface area contributed by atoms with Gasteiger partial charge in [-0.05, 0) is 12.5 Å². The van der Waals surface area contributed by atoms with Crippen LogP contribution in [0.2, 0.25) is 0 Å². The number of nitrogens with two attached hydrogens (primary N) is 1. The van der Waals surface area contributed by atoms with Gasteiger partial charge < -0.3 is 78.9 Å². The van der Waals surface area contributed by atoms with Gasteiger partial charge in [0.2, 0.25) is 16.9 Å². The first kappa shape index (κ1) is 51.8. The maximum atomic E-state index is 12.6. The number of aromatic nitrogens is 4. The van der Waals surface area contributed by atoms with Gasteiger partial charge in [0, 0.05) is 49.0 Å². The van der Waals surface area contributed by atoms with Crippen molar-refractivity contribution in [2.75, 3.05) is 37.8 Å². The third-order valence-electron chi connectivity index (χ3n) is 8.33. The number of nitrogens with one attached hydrogen (secondary N) is 2. The highest BCUT2D eigenvalue weighted by Gasteiger charge is 2.47. The number of anilines is 1. The van der Waals surface area contributed by atoms with Crippen LogP contribution in [-0.2, 0) is 60.3 Å². The highest BCUT2D eigenvalue weighted by molar-refractivity contribution is 8.14. The molecule has 2 aromatic heterocycles. The molecule has 0 saturated carbocycles. The summed E-state index contributed by atoms with van der Waals surface area (Å²) in [4.78, 5) is 118. The van der Waals surface area contributed by atoms with Gasteiger partial charge in [-0.3, -0.25) is 32.9 Å². The molecule has 3 unspecified atom stereocenters. The maximum Gasteiger partial charge on any atom is 0.274 e. The molecule has 0 aromatic carbocycles. The number of aliphatic hydroxyl groups is 2. The fourth-order valence-corrected chi connectivity index (χ4v) is 8.41. The predicted molar refractivity (Wildman–Crippen MR) is 196 cm³/mol. The van der Waals surface area contributed by atoms with Gasteiger partial charge in [-0.1, -0.05) is 38.6 Å². The van der Waals surface area contributed by atoms with Crippen LogP contribution in [0.15, 0.2) is 24.8 Å². The van der Waals surface area contributed by atoms with Crippen LogP contribution >= 0.6 is 35.2 Å². The molecule has 61 heavy (non-hydrogen) atoms. The largest absolute Gasteiger partial charge is 0.790 e. The molecule has 1 aliphatic rings. The molecule has 6 N–H and O–H groups in total. The number of allylic oxidation sites excluding steroid dienone is 1. The number of carbonyl (C=O) groups excluding carboxylic acids is 5. The summed E-state index contributed by atoms with van der Waals surface area (Å²) in [5.74, 6) is -4.01. The Morgan fingerprint density at radius 2 is 1.70 bits per heavy atom. The van der Waals surface area contributed by atoms with Gasteiger partial charge in [0.15, 0.2) is 17.7 Å². The van der Waals surface area contributed by atoms with E-state index in [0.717, 1.165) is 48.9 Å². The molecular formula is C30H41N7O20P3S-5. The SMILES string of the molecule is CC(/C=C/C(=O)SCCNC(=O)CCNC(=O)[C@H](O)C(C)(C)COP(=O)([O-])OP(=O)([O-])OC[C@H]1O[C@@H](n2cnc3c(N)ncnc32)[C@H](O)[C@@H]1OP(=O)([O-])[O-])C(=O)CCC(=O)[O-]. The fourth-order valence-electron chi connectivity index (χ4n) is 5.09. The molecule has 2 amide bonds. The number of phosphoric ester groups is 3. The van der Waals surface area contributed by atoms with Gasteiger partial charge in [-0.25, -0.2) is 19.3 Å². The van der Waals surface area contributed by atoms with E-state index in [1.54, 1.807) is 0 Å². The number of fused-ring (bicyclic) bond motifs is 1. The normalized spacial score (nSPS) is 21.4. The Kier molecular flexibility index (Phi) is 18.8. The summed E-state index contributed by atoms with van der Waals surface area (Å²) in [5.41, 5.74) is 3.98. The van der Waals surface area contributed by atoms with E-state index in [0.29, 0.717) is 0 Å². The minimum absolute atomic E-state index is 0.0276. The zero-order chi connectivity index (χ0) is 45.9. The van der Waals surface area contributed by atoms with Gasteiger partial charge >= 0.3 is 0 Å². The molecule has 3 heterocycles. The molecule has 0 aliphatic carbocycles. The Labute approximate surface area is 350 Å². The van der Waals surface area contributed by atoms with Gasteiger partial charge in [-0.2, -0.15) is 0 Å². The first-order chi connectivity index (χ1) is 28.2. The van der Waals surface area contributed by atoms with Gasteiger partial charge in [-0.15, -0.1) is 0 Å². The molecule has 1 fully saturated rings. The average Bonchev–Trinajstić information content (AvgIpc) is 3.72. The Morgan fingerprint density at radius 1 is 1.03 bits per heavy atom. The molecule has 8 atom stereocenters. The second-order valence-electron chi connectivity index (χ2n) is 13.6. The molecule has 342 valence electrons. The number of amides is 2. The molecule has 1 aliphatic heterocycles. The van der Waals surface area contributed by atoms with Crippen LogP contribution in [0.4, 0.5) is 5.82 Å². The maximum absolute atomic E-state index is 12.6. The molecule has 3 rings (SSSR count). The number of hydrogen-bond donors (Lipinski definition) is 5. The highest BCUT2D eigenvalue weighted by atomic mass is 32.2. The van der Waals surface area contributed by atoms with E-state index in [-0.39, 0.29) is 54.4 Å². The average molecular weight is 945 g/mol. The van der Waals surface area contributed by atoms with Crippen molar-refractivity contribution in [2.24, 2.45) is 11.3 Å². The van der Waals surface area contributed by atoms with Crippen molar-refractivity contribution in [1.29, 1.82) is 0 Å². The number of rotatable bonds is 25. The highest BCUT2D eigenvalue weighted by Crippen LogP contribution is 2.56. The second kappa shape index (κ2) is 22.2. The smallest absolute Gasteiger partial charge is 0.274 e. The van der Waals surface area contributed by atoms with Crippen LogP contribution in [0.3, 0.4) is 0 Å². The van der Waals surface area contributed by atoms with Crippen molar-refractivity contribution < 1.29 is 95.2 Å². The van der Waals surface area contributed by atoms with E-state index in [2.05, 4.69) is 43.5 Å². The first-order valence-corrected chi connectivity index (χ1v) is 23.0. The van der Waals surface area contributed by atoms with E-state index >= 15 is 0 Å². The molecule has 2 aromatic rings. The van der Waals surface area contributed by atoms with Gasteiger partial charge in [0.05, 0.1) is 27.4 Å². The first-order valence-electron chi connectivity index (χ1n) is 17.6. The van der Waals surface area contributed by atoms with Gasteiger partial charge in [0.1, 0.15) is 42.0 Å². The van der Waals surface area contributed by atoms with E-state index in [4.69, 9.17) is 10.5 Å². The van der Waals surface area contributed by atoms with Crippen LogP contribution in [-0.4, -0.2) is 115 Å². The summed E-state index contributed by atoms with van der Waals surface area (Å²) in [6, 6.07) is 0. The van der Waals surface area contributed by atoms with Crippen molar-refractivity contribution in [3.05, 3.63) is 24.8 Å². The standard InChI is InChI=1S/C30H46N7O20P3S/c1-16(17(38)5-6-20(40)41)4-7-21(42)61-11-10-32-19(39)8-9-33-28(45)25(44)30(2,3)13-54-60(51,52)57-59(49,50)53-12-18-24(56-58(46,47)48)23(43)29(55-18)37-15-36-22-26(31)34-14-35-27(22)37/h4,7,14-16,18,23-25,29,43-44H,5-6,8-13H2,1-3H3,(H,32,39)(H,33,45)(H,40,41)(H,49,50)(H,51,52)(H2,31,34,35)(H2,46,47,48)/p-5/b7-4+/t16?,18-,23-,24-,25+,29-/m1/s1. The number of Topliss-reactive ketones (excluding diaryl/α,β-unsaturated/α-hetero) is 1. The minimum atomic E-state index is -5.95. The lowest BCUT2D eigenvalue weighted by molar-refractivity contribution is -0.347. The van der Waals surface area contributed by atoms with Crippen LogP contribution < -0.4 is 41.0 Å². The van der Waals surface area contributed by atoms with Crippen molar-refractivity contribution in [3.63, 3.8) is 0 Å². The lowest BCUT2D eigenvalue weighted by Crippen LogP contribution is -2.46. The second-order valence-corrected chi connectivity index (χ2v) is 18.8. The Hall–Kier alpha value is -3.56. The van der Waals surface area contributed by atoms with Gasteiger partial charge in [0.25, 0.3) is 15.6 Å². The van der Waals surface area contributed by atoms with Crippen LogP contribution in [0.5, 0.6) is 0 Å². The number of ether oxygens (including phenoxy) is 1. The number of nitrogen functional groups attached to an aromatic ring is 1. The number of nitrogens with zero attached hydrogens (tertiary/aromatic N) is 4. The van der Waals surface area contributed by atoms with Crippen molar-refractivity contribution in [3.8, 4) is 0 Å². The molecular weight excluding hydrogens is 903 g/mol. The van der Waals surface area contributed by atoms with Crippen LogP contribution in [0, 0.1) is 11.3 Å². The number of carbonyl (C=O) groups is 5. The summed E-state index contributed by atoms with van der Waals surface area (Å²) in [5, 5.41) is 36.1. The van der Waals surface area contributed by atoms with Crippen LogP contribution in [0.25, 0.3) is 11.2 Å². The Morgan fingerprint density at radius 3 is 2.36 bits per heavy atom. The number of carboxylic acids is 1. The number of ketones is 1. The van der Waals surface area contributed by atoms with E-state index < -0.39 is 108 Å². The van der Waals surface area contributed by atoms with Crippen LogP contribution in [0.1, 0.15) is 46.3 Å². The number of hydrogen-bond acceptors (Lipinski definition) is 25. The lowest BCUT2D eigenvalue weighted by Gasteiger charge is -2.36. The van der Waals surface area contributed by atoms with Crippen molar-refractivity contribution >= 4 is 80.9 Å². The third-order valence-corrected chi connectivity index (χ3v) is 12.2. The molecule has 0 radical (unpaired) electrons. The zero-order valence-electron chi connectivity index (χ0n) is 32.3. The molecule has 27 nitrogen and oxygen atoms in total. The lowest BCUT2D eigenvalue weighted by atomic mass is 9.87. The molecule has 0 spiro atoms. The Balaban J connectivity index is 1.44. The number of aliphatic carboxylic acids is 1.